The number of fused-ring (bicyclic) bond motifs is 1. The number of carbonyl (C=O) groups is 4. The molecule has 0 spiro atoms. The molecule has 3 aromatic heterocycles. The molecule has 6 rings (SSSR count). The smallest absolute Gasteiger partial charge is 0.413 e. The minimum atomic E-state index is -1.38. The van der Waals surface area contributed by atoms with E-state index in [0.29, 0.717) is 61.9 Å². The highest BCUT2D eigenvalue weighted by Crippen LogP contribution is 2.46. The van der Waals surface area contributed by atoms with Crippen LogP contribution in [-0.4, -0.2) is 92.3 Å². The molecular formula is C39H46BrN7O8S. The molecular weight excluding hydrogens is 806 g/mol. The zero-order valence-corrected chi connectivity index (χ0v) is 34.6. The van der Waals surface area contributed by atoms with Crippen molar-refractivity contribution in [3.05, 3.63) is 52.6 Å². The number of aromatic nitrogens is 3. The second kappa shape index (κ2) is 16.2. The average molecular weight is 853 g/mol. The highest BCUT2D eigenvalue weighted by atomic mass is 79.9. The Kier molecular flexibility index (Phi) is 11.8. The third-order valence-corrected chi connectivity index (χ3v) is 11.5. The summed E-state index contributed by atoms with van der Waals surface area (Å²) in [7, 11) is 1.55. The molecule has 4 aromatic rings. The van der Waals surface area contributed by atoms with Crippen LogP contribution in [0, 0.1) is 11.3 Å². The van der Waals surface area contributed by atoms with E-state index >= 15 is 0 Å². The maximum absolute atomic E-state index is 14.7. The number of pyridine rings is 2. The molecule has 5 atom stereocenters. The zero-order valence-electron chi connectivity index (χ0n) is 32.2. The molecule has 1 saturated heterocycles. The average Bonchev–Trinajstić information content (AvgIpc) is 3.42. The largest absolute Gasteiger partial charge is 0.495 e. The molecule has 2 aliphatic rings. The fraction of sp³-hybridized carbons (Fsp3) is 0.462. The maximum Gasteiger partial charge on any atom is 0.413 e. The lowest BCUT2D eigenvalue weighted by Crippen LogP contribution is -2.56. The molecule has 56 heavy (non-hydrogen) atoms. The molecule has 0 bridgehead atoms. The van der Waals surface area contributed by atoms with Gasteiger partial charge in [-0.05, 0) is 71.8 Å². The maximum atomic E-state index is 14.7. The highest BCUT2D eigenvalue weighted by molar-refractivity contribution is 9.10. The van der Waals surface area contributed by atoms with Crippen LogP contribution in [0.15, 0.2) is 52.6 Å². The van der Waals surface area contributed by atoms with E-state index in [4.69, 9.17) is 19.2 Å². The molecule has 15 nitrogen and oxygen atoms in total. The molecule has 4 heterocycles. The van der Waals surface area contributed by atoms with E-state index in [1.54, 1.807) is 56.9 Å². The Morgan fingerprint density at radius 1 is 1.12 bits per heavy atom. The summed E-state index contributed by atoms with van der Waals surface area (Å²) in [6.07, 6.45) is 2.62. The summed E-state index contributed by atoms with van der Waals surface area (Å²) in [6, 6.07) is 7.08. The Bertz CT molecular complexity index is 2130. The number of methoxy groups -OCH3 is 1. The van der Waals surface area contributed by atoms with E-state index < -0.39 is 47.1 Å². The molecule has 1 saturated carbocycles. The van der Waals surface area contributed by atoms with E-state index in [0.717, 1.165) is 0 Å². The number of halogens is 1. The van der Waals surface area contributed by atoms with Crippen molar-refractivity contribution in [2.24, 2.45) is 11.3 Å². The van der Waals surface area contributed by atoms with E-state index in [-0.39, 0.29) is 30.9 Å². The first kappa shape index (κ1) is 40.6. The summed E-state index contributed by atoms with van der Waals surface area (Å²) in [6.45, 7) is 11.2. The van der Waals surface area contributed by atoms with Gasteiger partial charge in [0.2, 0.25) is 11.8 Å². The number of amides is 3. The van der Waals surface area contributed by atoms with Crippen LogP contribution in [-0.2, 0) is 19.1 Å². The number of hydrogen-bond acceptors (Lipinski definition) is 12. The van der Waals surface area contributed by atoms with E-state index in [1.807, 2.05) is 39.8 Å². The van der Waals surface area contributed by atoms with Gasteiger partial charge in [0.25, 0.3) is 0 Å². The van der Waals surface area contributed by atoms with Gasteiger partial charge in [0.05, 0.1) is 41.1 Å². The van der Waals surface area contributed by atoms with Gasteiger partial charge in [0, 0.05) is 35.6 Å². The number of nitrogens with zero attached hydrogens (tertiary/aromatic N) is 4. The summed E-state index contributed by atoms with van der Waals surface area (Å²) < 4.78 is 18.1. The number of likely N-dealkylation sites (tertiary alicyclic amines) is 1. The topological polar surface area (TPSA) is 194 Å². The van der Waals surface area contributed by atoms with Crippen LogP contribution in [0.25, 0.3) is 22.3 Å². The lowest BCUT2D eigenvalue weighted by molar-refractivity contribution is -0.146. The first-order valence-electron chi connectivity index (χ1n) is 18.3. The van der Waals surface area contributed by atoms with Gasteiger partial charge in [0.15, 0.2) is 5.13 Å². The van der Waals surface area contributed by atoms with E-state index in [2.05, 4.69) is 41.8 Å². The van der Waals surface area contributed by atoms with Crippen LogP contribution >= 0.6 is 27.3 Å². The van der Waals surface area contributed by atoms with Gasteiger partial charge < -0.3 is 34.9 Å². The van der Waals surface area contributed by atoms with Crippen molar-refractivity contribution in [3.8, 4) is 22.9 Å². The van der Waals surface area contributed by atoms with Crippen molar-refractivity contribution in [1.82, 2.24) is 25.2 Å². The van der Waals surface area contributed by atoms with Gasteiger partial charge in [-0.25, -0.2) is 19.6 Å². The molecule has 0 radical (unpaired) electrons. The first-order chi connectivity index (χ1) is 26.5. The van der Waals surface area contributed by atoms with Crippen LogP contribution in [0.5, 0.6) is 11.5 Å². The van der Waals surface area contributed by atoms with Gasteiger partial charge in [-0.15, -0.1) is 11.3 Å². The summed E-state index contributed by atoms with van der Waals surface area (Å²) >= 11 is 4.83. The van der Waals surface area contributed by atoms with Crippen LogP contribution in [0.3, 0.4) is 0 Å². The summed E-state index contributed by atoms with van der Waals surface area (Å²) in [5.41, 5.74) is 0.0457. The Morgan fingerprint density at radius 2 is 1.89 bits per heavy atom. The Morgan fingerprint density at radius 3 is 2.52 bits per heavy atom. The SMILES string of the molecule is CC[C@@H]1C[C@]1(NC(=O)[C@@H]1C[C@@H](Oc2cc(-c3csc(NC(=O)OC(C)C)n3)nc3c(Br)c(OC)ccc23)CN1C(=O)[C@@H](Nc1cccnc1)C(C)(C)C)C(=O)O. The number of carboxylic acid groups (broad SMARTS) is 1. The Labute approximate surface area is 337 Å². The quantitative estimate of drug-likeness (QED) is 0.111. The van der Waals surface area contributed by atoms with Gasteiger partial charge >= 0.3 is 12.1 Å². The minimum Gasteiger partial charge on any atom is -0.495 e. The van der Waals surface area contributed by atoms with Crippen LogP contribution in [0.2, 0.25) is 0 Å². The number of aliphatic carboxylic acids is 1. The van der Waals surface area contributed by atoms with Crippen LogP contribution in [0.1, 0.15) is 60.8 Å². The standard InChI is InChI=1S/C39H46BrN7O8S/c1-8-21-16-39(21,35(50)51)46-33(48)27-14-23(18-47(27)34(49)32(38(4,5)6)42-22-10-9-13-41-17-22)55-29-15-25(43-31-24(29)11-12-28(53-7)30(31)40)26-19-56-36(44-26)45-37(52)54-20(2)3/h9-13,15,17,19-21,23,27,32,42H,8,14,16,18H2,1-7H3,(H,46,48)(H,50,51)(H,44,45,52)/t21-,23-,27+,32-,39-/m1/s1. The van der Waals surface area contributed by atoms with Gasteiger partial charge in [-0.3, -0.25) is 19.9 Å². The molecule has 1 aliphatic heterocycles. The number of ether oxygens (including phenoxy) is 3. The number of rotatable bonds is 13. The highest BCUT2D eigenvalue weighted by Gasteiger charge is 2.61. The second-order valence-electron chi connectivity index (χ2n) is 15.3. The van der Waals surface area contributed by atoms with Crippen molar-refractivity contribution in [2.45, 2.75) is 90.6 Å². The molecule has 2 fully saturated rings. The summed E-state index contributed by atoms with van der Waals surface area (Å²) in [5.74, 6) is -1.26. The predicted octanol–water partition coefficient (Wildman–Crippen LogP) is 6.73. The van der Waals surface area contributed by atoms with Crippen molar-refractivity contribution in [3.63, 3.8) is 0 Å². The van der Waals surface area contributed by atoms with Gasteiger partial charge in [0.1, 0.15) is 40.9 Å². The fourth-order valence-corrected chi connectivity index (χ4v) is 8.24. The van der Waals surface area contributed by atoms with Crippen molar-refractivity contribution in [1.29, 1.82) is 0 Å². The monoisotopic (exact) mass is 851 g/mol. The fourth-order valence-electron chi connectivity index (χ4n) is 6.95. The number of carbonyl (C=O) groups excluding carboxylic acids is 3. The Hall–Kier alpha value is -5.03. The number of carboxylic acids is 1. The minimum absolute atomic E-state index is 0.0364. The molecule has 3 amide bonds. The third kappa shape index (κ3) is 8.53. The molecule has 17 heteroatoms. The van der Waals surface area contributed by atoms with E-state index in [1.165, 1.54) is 16.2 Å². The van der Waals surface area contributed by atoms with Crippen LogP contribution in [0.4, 0.5) is 15.6 Å². The number of nitrogens with one attached hydrogen (secondary N) is 3. The number of anilines is 2. The zero-order chi connectivity index (χ0) is 40.5. The number of thiazole rings is 1. The Balaban J connectivity index is 1.36. The third-order valence-electron chi connectivity index (χ3n) is 9.94. The predicted molar refractivity (Wildman–Crippen MR) is 215 cm³/mol. The summed E-state index contributed by atoms with van der Waals surface area (Å²) in [4.78, 5) is 68.7. The van der Waals surface area contributed by atoms with Crippen molar-refractivity contribution >= 4 is 72.9 Å². The number of benzene rings is 1. The molecule has 1 aliphatic carbocycles. The van der Waals surface area contributed by atoms with Gasteiger partial charge in [-0.2, -0.15) is 0 Å². The lowest BCUT2D eigenvalue weighted by Gasteiger charge is -2.36. The molecule has 4 N–H and O–H groups in total. The first-order valence-corrected chi connectivity index (χ1v) is 20.0. The van der Waals surface area contributed by atoms with Gasteiger partial charge in [-0.1, -0.05) is 34.1 Å². The normalized spacial score (nSPS) is 21.0. The molecule has 298 valence electrons. The second-order valence-corrected chi connectivity index (χ2v) is 17.0. The van der Waals surface area contributed by atoms with Crippen molar-refractivity contribution in [2.75, 3.05) is 24.3 Å². The van der Waals surface area contributed by atoms with Crippen molar-refractivity contribution < 1.29 is 38.5 Å². The summed E-state index contributed by atoms with van der Waals surface area (Å²) in [5, 5.41) is 21.6. The molecule has 1 aromatic carbocycles. The van der Waals surface area contributed by atoms with E-state index in [9.17, 15) is 24.3 Å². The molecule has 0 unspecified atom stereocenters. The van der Waals surface area contributed by atoms with Crippen LogP contribution < -0.4 is 25.4 Å². The lowest BCUT2D eigenvalue weighted by atomic mass is 9.85. The number of hydrogen-bond donors (Lipinski definition) is 4.